The van der Waals surface area contributed by atoms with Crippen LogP contribution in [0.15, 0.2) is 24.3 Å². The largest absolute Gasteiger partial charge is 0.493 e. The van der Waals surface area contributed by atoms with Crippen LogP contribution in [0.5, 0.6) is 5.75 Å². The van der Waals surface area contributed by atoms with Gasteiger partial charge in [-0.1, -0.05) is 6.07 Å². The van der Waals surface area contributed by atoms with E-state index in [-0.39, 0.29) is 5.56 Å². The van der Waals surface area contributed by atoms with Crippen LogP contribution in [-0.4, -0.2) is 42.7 Å². The number of ether oxygens (including phenoxy) is 1. The maximum Gasteiger partial charge on any atom is 0.335 e. The summed E-state index contributed by atoms with van der Waals surface area (Å²) in [5.74, 6) is 0.309. The SMILES string of the molecule is CN1CCC(COc2cccc(C(=O)O)c2)CC1. The van der Waals surface area contributed by atoms with E-state index in [2.05, 4.69) is 11.9 Å². The van der Waals surface area contributed by atoms with Crippen molar-refractivity contribution in [2.45, 2.75) is 12.8 Å². The van der Waals surface area contributed by atoms with Crippen LogP contribution < -0.4 is 4.74 Å². The van der Waals surface area contributed by atoms with Gasteiger partial charge in [-0.25, -0.2) is 4.79 Å². The molecular weight excluding hydrogens is 230 g/mol. The van der Waals surface area contributed by atoms with Gasteiger partial charge in [0.1, 0.15) is 5.75 Å². The highest BCUT2D eigenvalue weighted by molar-refractivity contribution is 5.87. The maximum atomic E-state index is 10.8. The van der Waals surface area contributed by atoms with E-state index in [0.717, 1.165) is 25.9 Å². The molecule has 0 bridgehead atoms. The summed E-state index contributed by atoms with van der Waals surface area (Å²) in [5.41, 5.74) is 0.274. The highest BCUT2D eigenvalue weighted by Crippen LogP contribution is 2.19. The third kappa shape index (κ3) is 3.47. The fourth-order valence-corrected chi connectivity index (χ4v) is 2.16. The first-order valence-electron chi connectivity index (χ1n) is 6.30. The first-order valence-corrected chi connectivity index (χ1v) is 6.30. The van der Waals surface area contributed by atoms with E-state index in [1.165, 1.54) is 0 Å². The lowest BCUT2D eigenvalue weighted by molar-refractivity contribution is 0.0696. The lowest BCUT2D eigenvalue weighted by Crippen LogP contribution is -2.32. The summed E-state index contributed by atoms with van der Waals surface area (Å²) >= 11 is 0. The zero-order chi connectivity index (χ0) is 13.0. The van der Waals surface area contributed by atoms with E-state index in [1.54, 1.807) is 24.3 Å². The van der Waals surface area contributed by atoms with E-state index >= 15 is 0 Å². The fraction of sp³-hybridized carbons (Fsp3) is 0.500. The summed E-state index contributed by atoms with van der Waals surface area (Å²) in [7, 11) is 2.13. The van der Waals surface area contributed by atoms with Gasteiger partial charge >= 0.3 is 5.97 Å². The zero-order valence-electron chi connectivity index (χ0n) is 10.6. The van der Waals surface area contributed by atoms with Crippen molar-refractivity contribution in [1.29, 1.82) is 0 Å². The Balaban J connectivity index is 1.86. The average molecular weight is 249 g/mol. The van der Waals surface area contributed by atoms with Gasteiger partial charge in [-0.2, -0.15) is 0 Å². The molecule has 1 aliphatic rings. The number of likely N-dealkylation sites (tertiary alicyclic amines) is 1. The first-order chi connectivity index (χ1) is 8.65. The molecule has 0 aromatic heterocycles. The van der Waals surface area contributed by atoms with Crippen LogP contribution in [0, 0.1) is 5.92 Å². The second kappa shape index (κ2) is 5.87. The summed E-state index contributed by atoms with van der Waals surface area (Å²) in [6, 6.07) is 6.68. The third-order valence-electron chi connectivity index (χ3n) is 3.40. The van der Waals surface area contributed by atoms with Crippen molar-refractivity contribution < 1.29 is 14.6 Å². The Kier molecular flexibility index (Phi) is 4.20. The van der Waals surface area contributed by atoms with E-state index in [0.29, 0.717) is 18.3 Å². The molecule has 1 aromatic carbocycles. The molecule has 4 nitrogen and oxygen atoms in total. The fourth-order valence-electron chi connectivity index (χ4n) is 2.16. The molecule has 0 amide bonds. The highest BCUT2D eigenvalue weighted by Gasteiger charge is 2.17. The number of benzene rings is 1. The standard InChI is InChI=1S/C14H19NO3/c1-15-7-5-11(6-8-15)10-18-13-4-2-3-12(9-13)14(16)17/h2-4,9,11H,5-8,10H2,1H3,(H,16,17). The normalized spacial score (nSPS) is 17.6. The highest BCUT2D eigenvalue weighted by atomic mass is 16.5. The Morgan fingerprint density at radius 1 is 1.44 bits per heavy atom. The number of carboxylic acids is 1. The van der Waals surface area contributed by atoms with Crippen molar-refractivity contribution in [3.63, 3.8) is 0 Å². The van der Waals surface area contributed by atoms with E-state index in [1.807, 2.05) is 0 Å². The molecule has 2 rings (SSSR count). The van der Waals surface area contributed by atoms with Crippen molar-refractivity contribution in [1.82, 2.24) is 4.90 Å². The van der Waals surface area contributed by atoms with Crippen LogP contribution in [0.25, 0.3) is 0 Å². The lowest BCUT2D eigenvalue weighted by Gasteiger charge is -2.28. The molecule has 1 aliphatic heterocycles. The van der Waals surface area contributed by atoms with Gasteiger partial charge in [-0.3, -0.25) is 0 Å². The molecule has 4 heteroatoms. The molecular formula is C14H19NO3. The third-order valence-corrected chi connectivity index (χ3v) is 3.40. The van der Waals surface area contributed by atoms with E-state index in [9.17, 15) is 4.79 Å². The van der Waals surface area contributed by atoms with Crippen LogP contribution >= 0.6 is 0 Å². The molecule has 1 heterocycles. The molecule has 0 spiro atoms. The van der Waals surface area contributed by atoms with Crippen LogP contribution in [0.1, 0.15) is 23.2 Å². The summed E-state index contributed by atoms with van der Waals surface area (Å²) in [6.45, 7) is 2.91. The van der Waals surface area contributed by atoms with Crippen molar-refractivity contribution >= 4 is 5.97 Å². The van der Waals surface area contributed by atoms with Crippen LogP contribution in [0.4, 0.5) is 0 Å². The van der Waals surface area contributed by atoms with Crippen molar-refractivity contribution in [2.24, 2.45) is 5.92 Å². The van der Waals surface area contributed by atoms with Gasteiger partial charge in [-0.05, 0) is 57.1 Å². The molecule has 1 saturated heterocycles. The Morgan fingerprint density at radius 3 is 2.83 bits per heavy atom. The summed E-state index contributed by atoms with van der Waals surface area (Å²) in [5, 5.41) is 8.89. The van der Waals surface area contributed by atoms with Crippen LogP contribution in [-0.2, 0) is 0 Å². The number of carbonyl (C=O) groups is 1. The molecule has 0 unspecified atom stereocenters. The van der Waals surface area contributed by atoms with Crippen molar-refractivity contribution in [2.75, 3.05) is 26.7 Å². The van der Waals surface area contributed by atoms with Gasteiger partial charge in [0.25, 0.3) is 0 Å². The molecule has 18 heavy (non-hydrogen) atoms. The topological polar surface area (TPSA) is 49.8 Å². The molecule has 1 N–H and O–H groups in total. The monoisotopic (exact) mass is 249 g/mol. The van der Waals surface area contributed by atoms with Gasteiger partial charge < -0.3 is 14.7 Å². The predicted octanol–water partition coefficient (Wildman–Crippen LogP) is 2.11. The van der Waals surface area contributed by atoms with E-state index < -0.39 is 5.97 Å². The first kappa shape index (κ1) is 12.9. The van der Waals surface area contributed by atoms with Gasteiger partial charge in [0.2, 0.25) is 0 Å². The number of hydrogen-bond donors (Lipinski definition) is 1. The van der Waals surface area contributed by atoms with Crippen LogP contribution in [0.2, 0.25) is 0 Å². The van der Waals surface area contributed by atoms with Crippen molar-refractivity contribution in [3.8, 4) is 5.75 Å². The molecule has 1 fully saturated rings. The molecule has 98 valence electrons. The number of piperidine rings is 1. The maximum absolute atomic E-state index is 10.8. The smallest absolute Gasteiger partial charge is 0.335 e. The minimum Gasteiger partial charge on any atom is -0.493 e. The Bertz CT molecular complexity index is 411. The number of carboxylic acid groups (broad SMARTS) is 1. The average Bonchev–Trinajstić information content (AvgIpc) is 2.38. The molecule has 0 radical (unpaired) electrons. The van der Waals surface area contributed by atoms with Gasteiger partial charge in [0, 0.05) is 0 Å². The molecule has 0 aliphatic carbocycles. The summed E-state index contributed by atoms with van der Waals surface area (Å²) in [6.07, 6.45) is 2.30. The predicted molar refractivity (Wildman–Crippen MR) is 69.1 cm³/mol. The van der Waals surface area contributed by atoms with Crippen molar-refractivity contribution in [3.05, 3.63) is 29.8 Å². The molecule has 0 atom stereocenters. The Labute approximate surface area is 107 Å². The van der Waals surface area contributed by atoms with Gasteiger partial charge in [-0.15, -0.1) is 0 Å². The summed E-state index contributed by atoms with van der Waals surface area (Å²) in [4.78, 5) is 13.2. The summed E-state index contributed by atoms with van der Waals surface area (Å²) < 4.78 is 5.69. The molecule has 1 aromatic rings. The number of hydrogen-bond acceptors (Lipinski definition) is 3. The minimum atomic E-state index is -0.917. The quantitative estimate of drug-likeness (QED) is 0.888. The van der Waals surface area contributed by atoms with Crippen LogP contribution in [0.3, 0.4) is 0 Å². The lowest BCUT2D eigenvalue weighted by atomic mass is 9.98. The number of aromatic carboxylic acids is 1. The minimum absolute atomic E-state index is 0.274. The van der Waals surface area contributed by atoms with E-state index in [4.69, 9.17) is 9.84 Å². The second-order valence-corrected chi connectivity index (χ2v) is 4.89. The Morgan fingerprint density at radius 2 is 2.17 bits per heavy atom. The number of nitrogens with zero attached hydrogens (tertiary/aromatic N) is 1. The zero-order valence-corrected chi connectivity index (χ0v) is 10.6. The van der Waals surface area contributed by atoms with Gasteiger partial charge in [0.05, 0.1) is 12.2 Å². The second-order valence-electron chi connectivity index (χ2n) is 4.89. The Hall–Kier alpha value is -1.55. The van der Waals surface area contributed by atoms with Gasteiger partial charge in [0.15, 0.2) is 0 Å². The molecule has 0 saturated carbocycles. The number of rotatable bonds is 4.